The van der Waals surface area contributed by atoms with Gasteiger partial charge in [0.2, 0.25) is 5.91 Å². The van der Waals surface area contributed by atoms with Crippen LogP contribution in [0, 0.1) is 0 Å². The van der Waals surface area contributed by atoms with Gasteiger partial charge in [0.25, 0.3) is 0 Å². The van der Waals surface area contributed by atoms with Gasteiger partial charge in [-0.15, -0.1) is 0 Å². The number of hydrogen-bond donors (Lipinski definition) is 1. The molecule has 1 aromatic carbocycles. The van der Waals surface area contributed by atoms with Crippen molar-refractivity contribution in [2.24, 2.45) is 0 Å². The van der Waals surface area contributed by atoms with Crippen LogP contribution in [0.15, 0.2) is 30.9 Å². The summed E-state index contributed by atoms with van der Waals surface area (Å²) < 4.78 is 77.6. The minimum Gasteiger partial charge on any atom is -0.326 e. The average molecular weight is 352 g/mol. The fraction of sp³-hybridized carbons (Fsp3) is 0.308. The van der Waals surface area contributed by atoms with Crippen molar-refractivity contribution in [3.63, 3.8) is 0 Å². The molecule has 1 amide bonds. The summed E-state index contributed by atoms with van der Waals surface area (Å²) in [5, 5.41) is 5.74. The van der Waals surface area contributed by atoms with Crippen molar-refractivity contribution in [1.82, 2.24) is 14.8 Å². The SMILES string of the molecule is O=C(CCn1cncn1)Nc1cc(C(F)(F)F)cc(C(F)(F)F)c1. The highest BCUT2D eigenvalue weighted by atomic mass is 19.4. The summed E-state index contributed by atoms with van der Waals surface area (Å²) in [5.41, 5.74) is -3.58. The zero-order valence-electron chi connectivity index (χ0n) is 11.8. The van der Waals surface area contributed by atoms with Gasteiger partial charge in [-0.3, -0.25) is 9.48 Å². The molecule has 0 aliphatic carbocycles. The molecule has 1 aromatic heterocycles. The van der Waals surface area contributed by atoms with Gasteiger partial charge >= 0.3 is 12.4 Å². The summed E-state index contributed by atoms with van der Waals surface area (Å²) in [6, 6.07) is 0.885. The predicted molar refractivity (Wildman–Crippen MR) is 69.7 cm³/mol. The highest BCUT2D eigenvalue weighted by molar-refractivity contribution is 5.90. The van der Waals surface area contributed by atoms with E-state index in [0.29, 0.717) is 12.1 Å². The highest BCUT2D eigenvalue weighted by Gasteiger charge is 2.37. The van der Waals surface area contributed by atoms with Gasteiger partial charge in [-0.2, -0.15) is 31.4 Å². The lowest BCUT2D eigenvalue weighted by atomic mass is 10.1. The molecule has 11 heteroatoms. The molecule has 0 bridgehead atoms. The van der Waals surface area contributed by atoms with E-state index in [1.165, 1.54) is 17.3 Å². The van der Waals surface area contributed by atoms with Crippen molar-refractivity contribution in [3.05, 3.63) is 42.0 Å². The second-order valence-corrected chi connectivity index (χ2v) is 4.75. The average Bonchev–Trinajstić information content (AvgIpc) is 2.96. The second-order valence-electron chi connectivity index (χ2n) is 4.75. The molecule has 2 rings (SSSR count). The van der Waals surface area contributed by atoms with Crippen LogP contribution >= 0.6 is 0 Å². The summed E-state index contributed by atoms with van der Waals surface area (Å²) in [7, 11) is 0. The van der Waals surface area contributed by atoms with Crippen molar-refractivity contribution in [2.45, 2.75) is 25.3 Å². The molecule has 1 heterocycles. The zero-order valence-corrected chi connectivity index (χ0v) is 11.8. The Balaban J connectivity index is 2.17. The molecule has 0 saturated carbocycles. The molecule has 0 aliphatic rings. The van der Waals surface area contributed by atoms with E-state index in [1.807, 2.05) is 5.32 Å². The maximum absolute atomic E-state index is 12.7. The van der Waals surface area contributed by atoms with Crippen LogP contribution in [0.1, 0.15) is 17.5 Å². The fourth-order valence-electron chi connectivity index (χ4n) is 1.81. The molecular formula is C13H10F6N4O. The van der Waals surface area contributed by atoms with Gasteiger partial charge in [-0.1, -0.05) is 0 Å². The Hall–Kier alpha value is -2.59. The summed E-state index contributed by atoms with van der Waals surface area (Å²) >= 11 is 0. The number of nitrogens with zero attached hydrogens (tertiary/aromatic N) is 3. The first-order valence-corrected chi connectivity index (χ1v) is 6.47. The maximum Gasteiger partial charge on any atom is 0.416 e. The third-order valence-corrected chi connectivity index (χ3v) is 2.91. The van der Waals surface area contributed by atoms with Gasteiger partial charge in [0.15, 0.2) is 0 Å². The quantitative estimate of drug-likeness (QED) is 0.859. The Morgan fingerprint density at radius 3 is 2.08 bits per heavy atom. The molecule has 1 N–H and O–H groups in total. The number of hydrogen-bond acceptors (Lipinski definition) is 3. The number of benzene rings is 1. The normalized spacial score (nSPS) is 12.2. The fourth-order valence-corrected chi connectivity index (χ4v) is 1.81. The summed E-state index contributed by atoms with van der Waals surface area (Å²) in [4.78, 5) is 15.3. The van der Waals surface area contributed by atoms with E-state index >= 15 is 0 Å². The second kappa shape index (κ2) is 6.49. The summed E-state index contributed by atoms with van der Waals surface area (Å²) in [6.07, 6.45) is -7.59. The minimum absolute atomic E-state index is 0.00886. The Morgan fingerprint density at radius 1 is 1.04 bits per heavy atom. The Labute approximate surface area is 131 Å². The van der Waals surface area contributed by atoms with E-state index < -0.39 is 35.1 Å². The van der Waals surface area contributed by atoms with Crippen LogP contribution in [-0.2, 0) is 23.7 Å². The van der Waals surface area contributed by atoms with E-state index in [9.17, 15) is 31.1 Å². The number of rotatable bonds is 4. The van der Waals surface area contributed by atoms with Crippen LogP contribution in [0.25, 0.3) is 0 Å². The van der Waals surface area contributed by atoms with Gasteiger partial charge in [0, 0.05) is 12.1 Å². The molecule has 5 nitrogen and oxygen atoms in total. The summed E-state index contributed by atoms with van der Waals surface area (Å²) in [6.45, 7) is 0.0803. The number of alkyl halides is 6. The van der Waals surface area contributed by atoms with Crippen LogP contribution in [0.2, 0.25) is 0 Å². The van der Waals surface area contributed by atoms with Crippen molar-refractivity contribution < 1.29 is 31.1 Å². The van der Waals surface area contributed by atoms with Gasteiger partial charge in [-0.25, -0.2) is 4.98 Å². The summed E-state index contributed by atoms with van der Waals surface area (Å²) in [5.74, 6) is -0.752. The number of aromatic nitrogens is 3. The molecule has 24 heavy (non-hydrogen) atoms. The molecule has 130 valence electrons. The first-order valence-electron chi connectivity index (χ1n) is 6.47. The molecule has 0 radical (unpaired) electrons. The smallest absolute Gasteiger partial charge is 0.326 e. The number of halogens is 6. The molecule has 0 aliphatic heterocycles. The maximum atomic E-state index is 12.7. The number of amides is 1. The molecule has 0 unspecified atom stereocenters. The molecule has 2 aromatic rings. The van der Waals surface area contributed by atoms with Gasteiger partial charge in [0.1, 0.15) is 12.7 Å². The topological polar surface area (TPSA) is 59.8 Å². The van der Waals surface area contributed by atoms with Crippen LogP contribution in [0.4, 0.5) is 32.0 Å². The van der Waals surface area contributed by atoms with Gasteiger partial charge in [-0.05, 0) is 18.2 Å². The van der Waals surface area contributed by atoms with E-state index in [4.69, 9.17) is 0 Å². The lowest BCUT2D eigenvalue weighted by Crippen LogP contribution is -2.17. The van der Waals surface area contributed by atoms with Crippen LogP contribution in [0.5, 0.6) is 0 Å². The monoisotopic (exact) mass is 352 g/mol. The van der Waals surface area contributed by atoms with E-state index in [0.717, 1.165) is 0 Å². The Bertz CT molecular complexity index is 676. The van der Waals surface area contributed by atoms with Crippen molar-refractivity contribution >= 4 is 11.6 Å². The van der Waals surface area contributed by atoms with Crippen LogP contribution < -0.4 is 5.32 Å². The number of carbonyl (C=O) groups is 1. The van der Waals surface area contributed by atoms with Gasteiger partial charge < -0.3 is 5.32 Å². The molecule has 0 atom stereocenters. The molecule has 0 saturated heterocycles. The molecule has 0 spiro atoms. The molecule has 0 fully saturated rings. The Kier molecular flexibility index (Phi) is 4.81. The van der Waals surface area contributed by atoms with Crippen molar-refractivity contribution in [2.75, 3.05) is 5.32 Å². The number of carbonyl (C=O) groups excluding carboxylic acids is 1. The third-order valence-electron chi connectivity index (χ3n) is 2.91. The van der Waals surface area contributed by atoms with Crippen LogP contribution in [0.3, 0.4) is 0 Å². The third kappa shape index (κ3) is 4.70. The minimum atomic E-state index is -4.97. The number of anilines is 1. The highest BCUT2D eigenvalue weighted by Crippen LogP contribution is 2.37. The zero-order chi connectivity index (χ0) is 18.0. The first kappa shape index (κ1) is 17.8. The lowest BCUT2D eigenvalue weighted by molar-refractivity contribution is -0.143. The number of nitrogens with one attached hydrogen (secondary N) is 1. The first-order chi connectivity index (χ1) is 11.1. The molecular weight excluding hydrogens is 342 g/mol. The van der Waals surface area contributed by atoms with E-state index in [1.54, 1.807) is 0 Å². The standard InChI is InChI=1S/C13H10F6N4O/c14-12(15,16)8-3-9(13(17,18)19)5-10(4-8)22-11(24)1-2-23-7-20-6-21-23/h3-7H,1-2H2,(H,22,24). The predicted octanol–water partition coefficient (Wildman–Crippen LogP) is 3.34. The largest absolute Gasteiger partial charge is 0.416 e. The van der Waals surface area contributed by atoms with Crippen molar-refractivity contribution in [3.8, 4) is 0 Å². The van der Waals surface area contributed by atoms with Crippen LogP contribution in [-0.4, -0.2) is 20.7 Å². The van der Waals surface area contributed by atoms with Gasteiger partial charge in [0.05, 0.1) is 17.7 Å². The van der Waals surface area contributed by atoms with E-state index in [2.05, 4.69) is 10.1 Å². The number of aryl methyl sites for hydroxylation is 1. The Morgan fingerprint density at radius 2 is 1.62 bits per heavy atom. The lowest BCUT2D eigenvalue weighted by Gasteiger charge is -2.14. The van der Waals surface area contributed by atoms with E-state index in [-0.39, 0.29) is 19.0 Å². The van der Waals surface area contributed by atoms with Crippen molar-refractivity contribution in [1.29, 1.82) is 0 Å².